The van der Waals surface area contributed by atoms with E-state index in [0.29, 0.717) is 17.1 Å². The van der Waals surface area contributed by atoms with Crippen LogP contribution in [0.15, 0.2) is 18.2 Å². The fraction of sp³-hybridized carbons (Fsp3) is 0.462. The Kier molecular flexibility index (Phi) is 4.02. The van der Waals surface area contributed by atoms with Crippen LogP contribution in [-0.4, -0.2) is 25.2 Å². The minimum atomic E-state index is -0.130. The molecule has 1 unspecified atom stereocenters. The molecule has 0 saturated carbocycles. The smallest absolute Gasteiger partial charge is 0.252 e. The Morgan fingerprint density at radius 2 is 2.41 bits per heavy atom. The summed E-state index contributed by atoms with van der Waals surface area (Å²) in [6, 6.07) is 5.43. The first-order chi connectivity index (χ1) is 8.16. The van der Waals surface area contributed by atoms with Crippen molar-refractivity contribution in [2.75, 3.05) is 13.2 Å². The molecular formula is C13H16ClNO2. The number of ether oxygens (including phenoxy) is 1. The van der Waals surface area contributed by atoms with Gasteiger partial charge >= 0.3 is 0 Å². The predicted molar refractivity (Wildman–Crippen MR) is 67.5 cm³/mol. The van der Waals surface area contributed by atoms with Crippen LogP contribution in [0.5, 0.6) is 0 Å². The Bertz CT molecular complexity index is 414. The number of hydrogen-bond donors (Lipinski definition) is 1. The molecule has 0 bridgehead atoms. The molecule has 2 rings (SSSR count). The minimum Gasteiger partial charge on any atom is -0.376 e. The molecule has 4 heteroatoms. The van der Waals surface area contributed by atoms with E-state index in [1.54, 1.807) is 12.1 Å². The van der Waals surface area contributed by atoms with Crippen molar-refractivity contribution in [1.82, 2.24) is 5.32 Å². The Balaban J connectivity index is 1.96. The number of carbonyl (C=O) groups excluding carboxylic acids is 1. The summed E-state index contributed by atoms with van der Waals surface area (Å²) >= 11 is 5.99. The van der Waals surface area contributed by atoms with Gasteiger partial charge in [0, 0.05) is 13.2 Å². The molecule has 17 heavy (non-hydrogen) atoms. The molecule has 1 saturated heterocycles. The SMILES string of the molecule is Cc1ccc(Cl)c(C(=O)NCC2CCCO2)c1. The molecule has 1 aromatic rings. The van der Waals surface area contributed by atoms with Crippen LogP contribution < -0.4 is 5.32 Å². The van der Waals surface area contributed by atoms with Crippen LogP contribution in [0.2, 0.25) is 5.02 Å². The molecule has 1 amide bonds. The number of benzene rings is 1. The third-order valence-electron chi connectivity index (χ3n) is 2.88. The van der Waals surface area contributed by atoms with Crippen molar-refractivity contribution < 1.29 is 9.53 Å². The monoisotopic (exact) mass is 253 g/mol. The summed E-state index contributed by atoms with van der Waals surface area (Å²) in [5.74, 6) is -0.130. The van der Waals surface area contributed by atoms with Crippen molar-refractivity contribution in [3.8, 4) is 0 Å². The summed E-state index contributed by atoms with van der Waals surface area (Å²) < 4.78 is 5.45. The molecule has 92 valence electrons. The average molecular weight is 254 g/mol. The molecular weight excluding hydrogens is 238 g/mol. The van der Waals surface area contributed by atoms with Crippen LogP contribution in [0.25, 0.3) is 0 Å². The van der Waals surface area contributed by atoms with Crippen LogP contribution in [0.3, 0.4) is 0 Å². The number of halogens is 1. The van der Waals surface area contributed by atoms with Gasteiger partial charge < -0.3 is 10.1 Å². The lowest BCUT2D eigenvalue weighted by Crippen LogP contribution is -2.31. The second-order valence-corrected chi connectivity index (χ2v) is 4.74. The van der Waals surface area contributed by atoms with Crippen LogP contribution in [0.4, 0.5) is 0 Å². The van der Waals surface area contributed by atoms with Gasteiger partial charge in [0.05, 0.1) is 16.7 Å². The van der Waals surface area contributed by atoms with E-state index >= 15 is 0 Å². The molecule has 3 nitrogen and oxygen atoms in total. The summed E-state index contributed by atoms with van der Waals surface area (Å²) in [6.45, 7) is 3.29. The number of hydrogen-bond acceptors (Lipinski definition) is 2. The Morgan fingerprint density at radius 3 is 3.12 bits per heavy atom. The lowest BCUT2D eigenvalue weighted by Gasteiger charge is -2.11. The van der Waals surface area contributed by atoms with Gasteiger partial charge in [0.1, 0.15) is 0 Å². The van der Waals surface area contributed by atoms with Crippen LogP contribution in [-0.2, 0) is 4.74 Å². The van der Waals surface area contributed by atoms with Crippen LogP contribution >= 0.6 is 11.6 Å². The molecule has 0 radical (unpaired) electrons. The van der Waals surface area contributed by atoms with Gasteiger partial charge in [0.15, 0.2) is 0 Å². The molecule has 1 heterocycles. The average Bonchev–Trinajstić information content (AvgIpc) is 2.82. The Morgan fingerprint density at radius 1 is 1.59 bits per heavy atom. The normalized spacial score (nSPS) is 19.3. The molecule has 1 aliphatic rings. The summed E-state index contributed by atoms with van der Waals surface area (Å²) in [5.41, 5.74) is 1.56. The zero-order valence-electron chi connectivity index (χ0n) is 9.83. The number of rotatable bonds is 3. The maximum Gasteiger partial charge on any atom is 0.252 e. The predicted octanol–water partition coefficient (Wildman–Crippen LogP) is 2.56. The maximum atomic E-state index is 11.9. The number of nitrogens with one attached hydrogen (secondary N) is 1. The Hall–Kier alpha value is -1.06. The lowest BCUT2D eigenvalue weighted by molar-refractivity contribution is 0.0858. The summed E-state index contributed by atoms with van der Waals surface area (Å²) in [7, 11) is 0. The van der Waals surface area contributed by atoms with Crippen molar-refractivity contribution >= 4 is 17.5 Å². The van der Waals surface area contributed by atoms with Crippen molar-refractivity contribution in [3.05, 3.63) is 34.3 Å². The molecule has 1 aromatic carbocycles. The summed E-state index contributed by atoms with van der Waals surface area (Å²) in [4.78, 5) is 11.9. The van der Waals surface area contributed by atoms with Crippen molar-refractivity contribution in [2.24, 2.45) is 0 Å². The van der Waals surface area contributed by atoms with Gasteiger partial charge in [-0.1, -0.05) is 23.2 Å². The highest BCUT2D eigenvalue weighted by Crippen LogP contribution is 2.17. The van der Waals surface area contributed by atoms with E-state index < -0.39 is 0 Å². The van der Waals surface area contributed by atoms with Gasteiger partial charge in [-0.25, -0.2) is 0 Å². The standard InChI is InChI=1S/C13H16ClNO2/c1-9-4-5-12(14)11(7-9)13(16)15-8-10-3-2-6-17-10/h4-5,7,10H,2-3,6,8H2,1H3,(H,15,16). The van der Waals surface area contributed by atoms with Crippen LogP contribution in [0, 0.1) is 6.92 Å². The van der Waals surface area contributed by atoms with Crippen molar-refractivity contribution in [2.45, 2.75) is 25.9 Å². The largest absolute Gasteiger partial charge is 0.376 e. The fourth-order valence-electron chi connectivity index (χ4n) is 1.92. The number of aryl methyl sites for hydroxylation is 1. The topological polar surface area (TPSA) is 38.3 Å². The third-order valence-corrected chi connectivity index (χ3v) is 3.21. The highest BCUT2D eigenvalue weighted by Gasteiger charge is 2.17. The number of carbonyl (C=O) groups is 1. The second kappa shape index (κ2) is 5.52. The summed E-state index contributed by atoms with van der Waals surface area (Å²) in [6.07, 6.45) is 2.25. The first-order valence-electron chi connectivity index (χ1n) is 5.83. The molecule has 1 N–H and O–H groups in total. The molecule has 1 fully saturated rings. The molecule has 1 aliphatic heterocycles. The molecule has 0 aliphatic carbocycles. The third kappa shape index (κ3) is 3.20. The lowest BCUT2D eigenvalue weighted by atomic mass is 10.1. The second-order valence-electron chi connectivity index (χ2n) is 4.33. The van der Waals surface area contributed by atoms with Gasteiger partial charge in [-0.3, -0.25) is 4.79 Å². The van der Waals surface area contributed by atoms with Gasteiger partial charge in [0.2, 0.25) is 0 Å². The molecule has 1 atom stereocenters. The highest BCUT2D eigenvalue weighted by atomic mass is 35.5. The van der Waals surface area contributed by atoms with Gasteiger partial charge in [-0.2, -0.15) is 0 Å². The first-order valence-corrected chi connectivity index (χ1v) is 6.20. The van der Waals surface area contributed by atoms with E-state index in [2.05, 4.69) is 5.32 Å². The van der Waals surface area contributed by atoms with Gasteiger partial charge in [0.25, 0.3) is 5.91 Å². The van der Waals surface area contributed by atoms with E-state index in [0.717, 1.165) is 25.0 Å². The van der Waals surface area contributed by atoms with E-state index in [4.69, 9.17) is 16.3 Å². The Labute approximate surface area is 106 Å². The van der Waals surface area contributed by atoms with E-state index in [9.17, 15) is 4.79 Å². The quantitative estimate of drug-likeness (QED) is 0.899. The number of amides is 1. The summed E-state index contributed by atoms with van der Waals surface area (Å²) in [5, 5.41) is 3.35. The van der Waals surface area contributed by atoms with Crippen LogP contribution in [0.1, 0.15) is 28.8 Å². The minimum absolute atomic E-state index is 0.130. The van der Waals surface area contributed by atoms with Crippen molar-refractivity contribution in [1.29, 1.82) is 0 Å². The maximum absolute atomic E-state index is 11.9. The fourth-order valence-corrected chi connectivity index (χ4v) is 2.12. The first kappa shape index (κ1) is 12.4. The zero-order chi connectivity index (χ0) is 12.3. The van der Waals surface area contributed by atoms with E-state index in [1.165, 1.54) is 0 Å². The van der Waals surface area contributed by atoms with E-state index in [-0.39, 0.29) is 12.0 Å². The van der Waals surface area contributed by atoms with Gasteiger partial charge in [-0.05, 0) is 31.9 Å². The highest BCUT2D eigenvalue weighted by molar-refractivity contribution is 6.33. The zero-order valence-corrected chi connectivity index (χ0v) is 10.6. The van der Waals surface area contributed by atoms with Gasteiger partial charge in [-0.15, -0.1) is 0 Å². The van der Waals surface area contributed by atoms with Crippen molar-refractivity contribution in [3.63, 3.8) is 0 Å². The molecule has 0 spiro atoms. The van der Waals surface area contributed by atoms with E-state index in [1.807, 2.05) is 13.0 Å². The molecule has 0 aromatic heterocycles.